The highest BCUT2D eigenvalue weighted by atomic mass is 32.2. The molecule has 0 aliphatic heterocycles. The number of hydrogen-bond donors (Lipinski definition) is 1. The van der Waals surface area contributed by atoms with Gasteiger partial charge in [0.1, 0.15) is 18.3 Å². The number of hydrogen-bond acceptors (Lipinski definition) is 5. The van der Waals surface area contributed by atoms with E-state index in [9.17, 15) is 18.0 Å². The fourth-order valence-electron chi connectivity index (χ4n) is 5.45. The molecule has 1 atom stereocenters. The van der Waals surface area contributed by atoms with Crippen molar-refractivity contribution < 1.29 is 22.7 Å². The van der Waals surface area contributed by atoms with Crippen molar-refractivity contribution in [1.29, 1.82) is 0 Å². The average molecular weight is 606 g/mol. The van der Waals surface area contributed by atoms with Gasteiger partial charge in [-0.1, -0.05) is 78.9 Å². The van der Waals surface area contributed by atoms with Crippen molar-refractivity contribution in [2.45, 2.75) is 83.3 Å². The van der Waals surface area contributed by atoms with E-state index >= 15 is 0 Å². The Morgan fingerprint density at radius 3 is 2.30 bits per heavy atom. The molecule has 1 aliphatic carbocycles. The van der Waals surface area contributed by atoms with Crippen molar-refractivity contribution in [3.05, 3.63) is 89.5 Å². The summed E-state index contributed by atoms with van der Waals surface area (Å²) in [7, 11) is -4.18. The summed E-state index contributed by atoms with van der Waals surface area (Å²) in [5.41, 5.74) is 3.05. The maximum Gasteiger partial charge on any atom is 0.264 e. The first kappa shape index (κ1) is 32.1. The summed E-state index contributed by atoms with van der Waals surface area (Å²) in [5.74, 6) is -0.382. The molecule has 0 radical (unpaired) electrons. The fraction of sp³-hybridized carbons (Fsp3) is 0.412. The number of carbonyl (C=O) groups is 2. The molecular weight excluding hydrogens is 562 g/mol. The summed E-state index contributed by atoms with van der Waals surface area (Å²) in [6.07, 6.45) is 5.13. The monoisotopic (exact) mass is 605 g/mol. The third-order valence-corrected chi connectivity index (χ3v) is 9.65. The van der Waals surface area contributed by atoms with Gasteiger partial charge in [-0.25, -0.2) is 8.42 Å². The van der Waals surface area contributed by atoms with E-state index in [0.717, 1.165) is 53.1 Å². The Labute approximate surface area is 256 Å². The topological polar surface area (TPSA) is 96.0 Å². The number of benzene rings is 3. The molecule has 230 valence electrons. The Morgan fingerprint density at radius 1 is 0.930 bits per heavy atom. The number of ether oxygens (including phenoxy) is 1. The van der Waals surface area contributed by atoms with Crippen LogP contribution in [0.3, 0.4) is 0 Å². The van der Waals surface area contributed by atoms with Crippen molar-refractivity contribution in [3.63, 3.8) is 0 Å². The van der Waals surface area contributed by atoms with Crippen molar-refractivity contribution >= 4 is 27.5 Å². The lowest BCUT2D eigenvalue weighted by molar-refractivity contribution is -0.139. The molecule has 1 aliphatic rings. The molecule has 0 unspecified atom stereocenters. The Hall–Kier alpha value is -3.85. The summed E-state index contributed by atoms with van der Waals surface area (Å²) >= 11 is 0. The Morgan fingerprint density at radius 2 is 1.63 bits per heavy atom. The lowest BCUT2D eigenvalue weighted by Gasteiger charge is -2.33. The van der Waals surface area contributed by atoms with Crippen molar-refractivity contribution in [2.24, 2.45) is 0 Å². The molecule has 1 N–H and O–H groups in total. The molecule has 2 amide bonds. The van der Waals surface area contributed by atoms with Gasteiger partial charge in [-0.15, -0.1) is 0 Å². The van der Waals surface area contributed by atoms with Crippen LogP contribution in [-0.2, 0) is 26.2 Å². The first-order chi connectivity index (χ1) is 20.6. The van der Waals surface area contributed by atoms with Gasteiger partial charge in [0.15, 0.2) is 0 Å². The normalized spacial score (nSPS) is 14.5. The van der Waals surface area contributed by atoms with Gasteiger partial charge in [0.25, 0.3) is 10.0 Å². The molecule has 43 heavy (non-hydrogen) atoms. The van der Waals surface area contributed by atoms with Crippen molar-refractivity contribution in [1.82, 2.24) is 10.2 Å². The Bertz CT molecular complexity index is 1500. The molecule has 0 saturated heterocycles. The largest absolute Gasteiger partial charge is 0.492 e. The molecule has 0 spiro atoms. The zero-order valence-corrected chi connectivity index (χ0v) is 26.4. The highest BCUT2D eigenvalue weighted by Gasteiger charge is 2.34. The van der Waals surface area contributed by atoms with Crippen LogP contribution in [0.4, 0.5) is 5.69 Å². The van der Waals surface area contributed by atoms with Crippen LogP contribution in [0.2, 0.25) is 0 Å². The second kappa shape index (κ2) is 14.6. The number of anilines is 1. The minimum absolute atomic E-state index is 0.0607. The lowest BCUT2D eigenvalue weighted by Crippen LogP contribution is -2.53. The van der Waals surface area contributed by atoms with Gasteiger partial charge in [-0.05, 0) is 70.4 Å². The van der Waals surface area contributed by atoms with Crippen LogP contribution < -0.4 is 14.4 Å². The minimum Gasteiger partial charge on any atom is -0.492 e. The summed E-state index contributed by atoms with van der Waals surface area (Å²) in [5, 5.41) is 3.14. The van der Waals surface area contributed by atoms with Crippen LogP contribution >= 0.6 is 0 Å². The van der Waals surface area contributed by atoms with Crippen LogP contribution in [-0.4, -0.2) is 50.4 Å². The maximum atomic E-state index is 14.3. The molecule has 0 heterocycles. The summed E-state index contributed by atoms with van der Waals surface area (Å²) in [6.45, 7) is 7.34. The molecule has 1 fully saturated rings. The smallest absolute Gasteiger partial charge is 0.264 e. The average Bonchev–Trinajstić information content (AvgIpc) is 2.99. The number of para-hydroxylation sites is 2. The predicted molar refractivity (Wildman–Crippen MR) is 170 cm³/mol. The summed E-state index contributed by atoms with van der Waals surface area (Å²) in [6, 6.07) is 20.3. The maximum absolute atomic E-state index is 14.3. The molecule has 9 heteroatoms. The van der Waals surface area contributed by atoms with Crippen LogP contribution in [0, 0.1) is 13.8 Å². The van der Waals surface area contributed by atoms with Gasteiger partial charge in [-0.2, -0.15) is 0 Å². The predicted octanol–water partition coefficient (Wildman–Crippen LogP) is 5.76. The van der Waals surface area contributed by atoms with Crippen LogP contribution in [0.25, 0.3) is 0 Å². The summed E-state index contributed by atoms with van der Waals surface area (Å²) < 4.78 is 35.2. The van der Waals surface area contributed by atoms with E-state index in [-0.39, 0.29) is 29.1 Å². The number of nitrogens with one attached hydrogen (secondary N) is 1. The van der Waals surface area contributed by atoms with E-state index in [1.54, 1.807) is 43.3 Å². The van der Waals surface area contributed by atoms with Gasteiger partial charge in [-0.3, -0.25) is 13.9 Å². The Kier molecular flexibility index (Phi) is 10.9. The van der Waals surface area contributed by atoms with Crippen LogP contribution in [0.15, 0.2) is 77.7 Å². The van der Waals surface area contributed by atoms with E-state index < -0.39 is 28.5 Å². The van der Waals surface area contributed by atoms with E-state index in [2.05, 4.69) is 5.32 Å². The first-order valence-electron chi connectivity index (χ1n) is 15.1. The standard InChI is InChI=1S/C34H43N3O5S/c1-5-42-32-17-10-9-16-31(32)37(43(40,41)30-20-18-25(2)19-21-30)24-33(38)36(23-28-13-11-12-26(3)22-28)27(4)34(39)35-29-14-7-6-8-15-29/h9-13,16-22,27,29H,5-8,14-15,23-24H2,1-4H3,(H,35,39)/t27-/m0/s1. The second-order valence-electron chi connectivity index (χ2n) is 11.3. The quantitative estimate of drug-likeness (QED) is 0.283. The van der Waals surface area contributed by atoms with Crippen molar-refractivity contribution in [3.8, 4) is 5.75 Å². The van der Waals surface area contributed by atoms with Gasteiger partial charge < -0.3 is 15.0 Å². The number of amides is 2. The number of carbonyl (C=O) groups excluding carboxylic acids is 2. The molecule has 0 bridgehead atoms. The van der Waals surface area contributed by atoms with Gasteiger partial charge in [0.2, 0.25) is 11.8 Å². The molecule has 0 aromatic heterocycles. The van der Waals surface area contributed by atoms with Gasteiger partial charge >= 0.3 is 0 Å². The number of rotatable bonds is 12. The molecular formula is C34H43N3O5S. The third kappa shape index (κ3) is 8.16. The van der Waals surface area contributed by atoms with Crippen molar-refractivity contribution in [2.75, 3.05) is 17.5 Å². The minimum atomic E-state index is -4.18. The third-order valence-electron chi connectivity index (χ3n) is 7.88. The Balaban J connectivity index is 1.72. The second-order valence-corrected chi connectivity index (χ2v) is 13.1. The zero-order chi connectivity index (χ0) is 31.0. The number of nitrogens with zero attached hydrogens (tertiary/aromatic N) is 2. The first-order valence-corrected chi connectivity index (χ1v) is 16.5. The summed E-state index contributed by atoms with van der Waals surface area (Å²) in [4.78, 5) is 29.3. The van der Waals surface area contributed by atoms with E-state index in [4.69, 9.17) is 4.74 Å². The fourth-order valence-corrected chi connectivity index (χ4v) is 6.87. The van der Waals surface area contributed by atoms with Crippen LogP contribution in [0.1, 0.15) is 62.6 Å². The van der Waals surface area contributed by atoms with Crippen LogP contribution in [0.5, 0.6) is 5.75 Å². The highest BCUT2D eigenvalue weighted by molar-refractivity contribution is 7.92. The van der Waals surface area contributed by atoms with Gasteiger partial charge in [0.05, 0.1) is 17.2 Å². The molecule has 1 saturated carbocycles. The zero-order valence-electron chi connectivity index (χ0n) is 25.6. The SMILES string of the molecule is CCOc1ccccc1N(CC(=O)N(Cc1cccc(C)c1)[C@@H](C)C(=O)NC1CCCCC1)S(=O)(=O)c1ccc(C)cc1. The van der Waals surface area contributed by atoms with Gasteiger partial charge in [0, 0.05) is 12.6 Å². The van der Waals surface area contributed by atoms with E-state index in [1.165, 1.54) is 17.0 Å². The van der Waals surface area contributed by atoms with E-state index in [1.807, 2.05) is 45.0 Å². The molecule has 8 nitrogen and oxygen atoms in total. The number of sulfonamides is 1. The number of aryl methyl sites for hydroxylation is 2. The molecule has 4 rings (SSSR count). The van der Waals surface area contributed by atoms with E-state index in [0.29, 0.717) is 12.4 Å². The highest BCUT2D eigenvalue weighted by Crippen LogP contribution is 2.33. The molecule has 3 aromatic rings. The molecule has 3 aromatic carbocycles. The lowest BCUT2D eigenvalue weighted by atomic mass is 9.95.